The highest BCUT2D eigenvalue weighted by atomic mass is 35.5. The number of ether oxygens (including phenoxy) is 1. The number of hydrogen-bond acceptors (Lipinski definition) is 3. The molecular weight excluding hydrogens is 387 g/mol. The third-order valence-electron chi connectivity index (χ3n) is 2.58. The van der Waals surface area contributed by atoms with Crippen LogP contribution in [-0.2, 0) is 6.18 Å². The summed E-state index contributed by atoms with van der Waals surface area (Å²) in [5.74, 6) is -0.759. The first-order valence-electron chi connectivity index (χ1n) is 5.74. The van der Waals surface area contributed by atoms with Crippen LogP contribution in [0.4, 0.5) is 26.3 Å². The van der Waals surface area contributed by atoms with Gasteiger partial charge in [-0.25, -0.2) is 4.68 Å². The van der Waals surface area contributed by atoms with Gasteiger partial charge >= 0.3 is 12.5 Å². The lowest BCUT2D eigenvalue weighted by Crippen LogP contribution is -2.17. The molecule has 0 N–H and O–H groups in total. The standard InChI is InChI=1S/C12H3Cl2F6N3O/c13-7-1-5(24-12(18,19)20)2-8(14)10(7)23-4-6(11(15,16)17)9(3-21)22-23/h1-2,4H. The molecular formula is C12H3Cl2F6N3O. The van der Waals surface area contributed by atoms with Crippen LogP contribution >= 0.6 is 23.2 Å². The smallest absolute Gasteiger partial charge is 0.406 e. The molecule has 24 heavy (non-hydrogen) atoms. The number of nitriles is 1. The Kier molecular flexibility index (Phi) is 4.61. The Morgan fingerprint density at radius 2 is 1.62 bits per heavy atom. The number of rotatable bonds is 2. The minimum Gasteiger partial charge on any atom is -0.406 e. The first-order chi connectivity index (χ1) is 10.9. The third-order valence-corrected chi connectivity index (χ3v) is 3.15. The molecule has 1 heterocycles. The van der Waals surface area contributed by atoms with E-state index in [0.29, 0.717) is 23.0 Å². The number of aromatic nitrogens is 2. The lowest BCUT2D eigenvalue weighted by Gasteiger charge is -2.12. The fourth-order valence-electron chi connectivity index (χ4n) is 1.73. The summed E-state index contributed by atoms with van der Waals surface area (Å²) in [6, 6.07) is 2.67. The van der Waals surface area contributed by atoms with Gasteiger partial charge in [0.2, 0.25) is 0 Å². The minimum atomic E-state index is -5.00. The Morgan fingerprint density at radius 1 is 1.08 bits per heavy atom. The van der Waals surface area contributed by atoms with Crippen molar-refractivity contribution in [3.05, 3.63) is 39.6 Å². The molecule has 1 aromatic heterocycles. The predicted molar refractivity (Wildman–Crippen MR) is 70.0 cm³/mol. The van der Waals surface area contributed by atoms with E-state index < -0.39 is 39.6 Å². The molecule has 0 aliphatic carbocycles. The zero-order valence-electron chi connectivity index (χ0n) is 11.0. The van der Waals surface area contributed by atoms with E-state index in [1.54, 1.807) is 0 Å². The number of hydrogen-bond donors (Lipinski definition) is 0. The van der Waals surface area contributed by atoms with Crippen LogP contribution in [-0.4, -0.2) is 16.1 Å². The maximum absolute atomic E-state index is 12.8. The second-order valence-corrected chi connectivity index (χ2v) is 5.04. The minimum absolute atomic E-state index is 0.333. The van der Waals surface area contributed by atoms with Crippen LogP contribution in [0.15, 0.2) is 18.3 Å². The highest BCUT2D eigenvalue weighted by molar-refractivity contribution is 6.38. The molecule has 0 amide bonds. The molecule has 0 atom stereocenters. The molecule has 2 rings (SSSR count). The van der Waals surface area contributed by atoms with Crippen molar-refractivity contribution in [3.8, 4) is 17.5 Å². The van der Waals surface area contributed by atoms with E-state index in [9.17, 15) is 26.3 Å². The van der Waals surface area contributed by atoms with E-state index in [-0.39, 0.29) is 5.69 Å². The topological polar surface area (TPSA) is 50.8 Å². The van der Waals surface area contributed by atoms with Crippen LogP contribution < -0.4 is 4.74 Å². The third kappa shape index (κ3) is 3.85. The van der Waals surface area contributed by atoms with E-state index in [1.165, 1.54) is 6.07 Å². The Bertz CT molecular complexity index is 799. The Hall–Kier alpha value is -2.12. The van der Waals surface area contributed by atoms with Gasteiger partial charge in [-0.15, -0.1) is 13.2 Å². The summed E-state index contributed by atoms with van der Waals surface area (Å²) in [5.41, 5.74) is -2.61. The number of nitrogens with zero attached hydrogens (tertiary/aromatic N) is 3. The van der Waals surface area contributed by atoms with Crippen molar-refractivity contribution in [1.82, 2.24) is 9.78 Å². The molecule has 4 nitrogen and oxygen atoms in total. The van der Waals surface area contributed by atoms with Crippen molar-refractivity contribution in [2.45, 2.75) is 12.5 Å². The van der Waals surface area contributed by atoms with Gasteiger partial charge in [-0.05, 0) is 0 Å². The van der Waals surface area contributed by atoms with Gasteiger partial charge < -0.3 is 4.74 Å². The predicted octanol–water partition coefficient (Wildman–Crippen LogP) is 4.97. The SMILES string of the molecule is N#Cc1nn(-c2c(Cl)cc(OC(F)(F)F)cc2Cl)cc1C(F)(F)F. The average molecular weight is 390 g/mol. The van der Waals surface area contributed by atoms with E-state index >= 15 is 0 Å². The molecule has 128 valence electrons. The molecule has 0 fully saturated rings. The van der Waals surface area contributed by atoms with Crippen LogP contribution in [0, 0.1) is 11.3 Å². The van der Waals surface area contributed by atoms with E-state index in [2.05, 4.69) is 9.84 Å². The number of alkyl halides is 6. The number of benzene rings is 1. The van der Waals surface area contributed by atoms with Gasteiger partial charge in [-0.1, -0.05) is 23.2 Å². The highest BCUT2D eigenvalue weighted by Gasteiger charge is 2.37. The second kappa shape index (κ2) is 6.07. The Labute approximate surface area is 139 Å². The molecule has 0 aliphatic heterocycles. The van der Waals surface area contributed by atoms with Gasteiger partial charge in [0.1, 0.15) is 23.1 Å². The van der Waals surface area contributed by atoms with Crippen LogP contribution in [0.5, 0.6) is 5.75 Å². The van der Waals surface area contributed by atoms with E-state index in [0.717, 1.165) is 0 Å². The zero-order chi connectivity index (χ0) is 18.3. The van der Waals surface area contributed by atoms with Crippen LogP contribution in [0.2, 0.25) is 10.0 Å². The van der Waals surface area contributed by atoms with Crippen molar-refractivity contribution in [2.75, 3.05) is 0 Å². The van der Waals surface area contributed by atoms with Gasteiger partial charge in [0.05, 0.1) is 10.0 Å². The lowest BCUT2D eigenvalue weighted by atomic mass is 10.2. The molecule has 1 aromatic carbocycles. The summed E-state index contributed by atoms with van der Waals surface area (Å²) >= 11 is 11.5. The zero-order valence-corrected chi connectivity index (χ0v) is 12.5. The molecule has 0 saturated carbocycles. The lowest BCUT2D eigenvalue weighted by molar-refractivity contribution is -0.274. The van der Waals surface area contributed by atoms with Gasteiger partial charge in [0.25, 0.3) is 0 Å². The summed E-state index contributed by atoms with van der Waals surface area (Å²) in [6.45, 7) is 0. The summed E-state index contributed by atoms with van der Waals surface area (Å²) < 4.78 is 79.1. The summed E-state index contributed by atoms with van der Waals surface area (Å²) in [4.78, 5) is 0. The number of halogens is 8. The maximum Gasteiger partial charge on any atom is 0.573 e. The Morgan fingerprint density at radius 3 is 2.00 bits per heavy atom. The quantitative estimate of drug-likeness (QED) is 0.681. The van der Waals surface area contributed by atoms with Gasteiger partial charge in [0, 0.05) is 18.3 Å². The first kappa shape index (κ1) is 18.2. The van der Waals surface area contributed by atoms with Crippen LogP contribution in [0.1, 0.15) is 11.3 Å². The molecule has 0 bridgehead atoms. The fraction of sp³-hybridized carbons (Fsp3) is 0.167. The van der Waals surface area contributed by atoms with Crippen molar-refractivity contribution in [1.29, 1.82) is 5.26 Å². The van der Waals surface area contributed by atoms with Crippen molar-refractivity contribution in [2.24, 2.45) is 0 Å². The van der Waals surface area contributed by atoms with Gasteiger partial charge in [0.15, 0.2) is 5.69 Å². The van der Waals surface area contributed by atoms with E-state index in [4.69, 9.17) is 28.5 Å². The molecule has 0 unspecified atom stereocenters. The molecule has 0 aliphatic rings. The average Bonchev–Trinajstić information content (AvgIpc) is 2.79. The molecule has 2 aromatic rings. The summed E-state index contributed by atoms with van der Waals surface area (Å²) in [5, 5.41) is 11.2. The summed E-state index contributed by atoms with van der Waals surface area (Å²) in [6.07, 6.45) is -9.41. The van der Waals surface area contributed by atoms with E-state index in [1.807, 2.05) is 0 Å². The first-order valence-corrected chi connectivity index (χ1v) is 6.50. The van der Waals surface area contributed by atoms with Crippen LogP contribution in [0.3, 0.4) is 0 Å². The Balaban J connectivity index is 2.55. The summed E-state index contributed by atoms with van der Waals surface area (Å²) in [7, 11) is 0. The van der Waals surface area contributed by atoms with Crippen LogP contribution in [0.25, 0.3) is 5.69 Å². The van der Waals surface area contributed by atoms with Crippen molar-refractivity contribution in [3.63, 3.8) is 0 Å². The maximum atomic E-state index is 12.8. The van der Waals surface area contributed by atoms with Gasteiger partial charge in [-0.3, -0.25) is 0 Å². The van der Waals surface area contributed by atoms with Crippen molar-refractivity contribution < 1.29 is 31.1 Å². The monoisotopic (exact) mass is 389 g/mol. The molecule has 12 heteroatoms. The van der Waals surface area contributed by atoms with Gasteiger partial charge in [-0.2, -0.15) is 23.5 Å². The highest BCUT2D eigenvalue weighted by Crippen LogP contribution is 2.37. The largest absolute Gasteiger partial charge is 0.573 e. The second-order valence-electron chi connectivity index (χ2n) is 4.23. The molecule has 0 saturated heterocycles. The molecule has 0 spiro atoms. The molecule has 0 radical (unpaired) electrons. The van der Waals surface area contributed by atoms with Crippen molar-refractivity contribution >= 4 is 23.2 Å². The fourth-order valence-corrected chi connectivity index (χ4v) is 2.37. The normalized spacial score (nSPS) is 12.1.